The number of nitrogens with zero attached hydrogens (tertiary/aromatic N) is 1. The van der Waals surface area contributed by atoms with Gasteiger partial charge >= 0.3 is 0 Å². The van der Waals surface area contributed by atoms with Gasteiger partial charge in [0, 0.05) is 13.1 Å². The molecule has 1 N–H and O–H groups in total. The molecule has 1 aliphatic rings. The number of nitrogens with one attached hydrogen (secondary N) is 1. The second-order valence-electron chi connectivity index (χ2n) is 6.09. The minimum Gasteiger partial charge on any atom is -0.374 e. The molecule has 3 nitrogen and oxygen atoms in total. The van der Waals surface area contributed by atoms with Crippen molar-refractivity contribution in [1.29, 1.82) is 0 Å². The molecule has 1 aromatic carbocycles. The van der Waals surface area contributed by atoms with E-state index in [2.05, 4.69) is 56.1 Å². The van der Waals surface area contributed by atoms with E-state index in [9.17, 15) is 0 Å². The zero-order valence-corrected chi connectivity index (χ0v) is 14.0. The van der Waals surface area contributed by atoms with E-state index >= 15 is 0 Å². The molecule has 118 valence electrons. The number of morpholine rings is 1. The highest BCUT2D eigenvalue weighted by molar-refractivity contribution is 5.33. The molecule has 1 heterocycles. The van der Waals surface area contributed by atoms with Gasteiger partial charge in [0.05, 0.1) is 18.8 Å². The molecule has 0 spiro atoms. The van der Waals surface area contributed by atoms with Gasteiger partial charge in [0.2, 0.25) is 0 Å². The van der Waals surface area contributed by atoms with E-state index in [1.165, 1.54) is 16.7 Å². The Labute approximate surface area is 129 Å². The normalized spacial score (nSPS) is 21.4. The van der Waals surface area contributed by atoms with Crippen molar-refractivity contribution in [2.75, 3.05) is 32.8 Å². The van der Waals surface area contributed by atoms with Crippen LogP contribution in [0.2, 0.25) is 0 Å². The lowest BCUT2D eigenvalue weighted by atomic mass is 9.94. The third-order valence-corrected chi connectivity index (χ3v) is 4.37. The fourth-order valence-electron chi connectivity index (χ4n) is 3.14. The molecule has 21 heavy (non-hydrogen) atoms. The van der Waals surface area contributed by atoms with Gasteiger partial charge in [-0.1, -0.05) is 37.6 Å². The highest BCUT2D eigenvalue weighted by atomic mass is 16.5. The summed E-state index contributed by atoms with van der Waals surface area (Å²) in [5.41, 5.74) is 4.07. The summed E-state index contributed by atoms with van der Waals surface area (Å²) in [6.45, 7) is 13.9. The zero-order chi connectivity index (χ0) is 15.2. The molecule has 0 aliphatic carbocycles. The largest absolute Gasteiger partial charge is 0.374 e. The Morgan fingerprint density at radius 3 is 2.81 bits per heavy atom. The van der Waals surface area contributed by atoms with Crippen molar-refractivity contribution in [2.24, 2.45) is 0 Å². The summed E-state index contributed by atoms with van der Waals surface area (Å²) in [6, 6.07) is 7.05. The highest BCUT2D eigenvalue weighted by Gasteiger charge is 2.29. The first-order valence-electron chi connectivity index (χ1n) is 8.30. The number of benzene rings is 1. The van der Waals surface area contributed by atoms with Crippen molar-refractivity contribution in [1.82, 2.24) is 10.2 Å². The van der Waals surface area contributed by atoms with Crippen LogP contribution in [0.4, 0.5) is 0 Å². The van der Waals surface area contributed by atoms with Crippen LogP contribution in [0.1, 0.15) is 43.0 Å². The van der Waals surface area contributed by atoms with Gasteiger partial charge in [-0.25, -0.2) is 0 Å². The lowest BCUT2D eigenvalue weighted by molar-refractivity contribution is -0.0456. The third-order valence-electron chi connectivity index (χ3n) is 4.37. The summed E-state index contributed by atoms with van der Waals surface area (Å²) >= 11 is 0. The first-order valence-corrected chi connectivity index (χ1v) is 8.30. The Balaban J connectivity index is 2.20. The standard InChI is InChI=1S/C18H30N2O/c1-5-9-19-18(16-8-7-14(3)12-15(16)4)17-13-20(6-2)10-11-21-17/h7-8,12,17-19H,5-6,9-11,13H2,1-4H3. The van der Waals surface area contributed by atoms with E-state index in [1.54, 1.807) is 0 Å². The van der Waals surface area contributed by atoms with Crippen molar-refractivity contribution < 1.29 is 4.74 Å². The molecular weight excluding hydrogens is 260 g/mol. The van der Waals surface area contributed by atoms with Gasteiger partial charge in [0.15, 0.2) is 0 Å². The molecule has 1 fully saturated rings. The second-order valence-corrected chi connectivity index (χ2v) is 6.09. The van der Waals surface area contributed by atoms with Crippen LogP contribution in [0, 0.1) is 13.8 Å². The van der Waals surface area contributed by atoms with Crippen molar-refractivity contribution in [2.45, 2.75) is 46.3 Å². The lowest BCUT2D eigenvalue weighted by Crippen LogP contribution is -2.48. The molecule has 2 unspecified atom stereocenters. The van der Waals surface area contributed by atoms with E-state index in [-0.39, 0.29) is 6.10 Å². The van der Waals surface area contributed by atoms with Crippen LogP contribution in [-0.2, 0) is 4.74 Å². The quantitative estimate of drug-likeness (QED) is 0.871. The maximum atomic E-state index is 6.10. The lowest BCUT2D eigenvalue weighted by Gasteiger charge is -2.37. The van der Waals surface area contributed by atoms with Crippen LogP contribution in [-0.4, -0.2) is 43.8 Å². The van der Waals surface area contributed by atoms with Crippen LogP contribution in [0.5, 0.6) is 0 Å². The Morgan fingerprint density at radius 2 is 2.14 bits per heavy atom. The minimum atomic E-state index is 0.242. The molecule has 0 saturated carbocycles. The maximum Gasteiger partial charge on any atom is 0.0897 e. The fourth-order valence-corrected chi connectivity index (χ4v) is 3.14. The molecule has 2 atom stereocenters. The molecule has 1 aliphatic heterocycles. The van der Waals surface area contributed by atoms with Gasteiger partial charge in [-0.15, -0.1) is 0 Å². The average molecular weight is 290 g/mol. The molecular formula is C18H30N2O. The topological polar surface area (TPSA) is 24.5 Å². The number of ether oxygens (including phenoxy) is 1. The summed E-state index contributed by atoms with van der Waals surface area (Å²) in [5, 5.41) is 3.71. The molecule has 1 aromatic rings. The first kappa shape index (κ1) is 16.5. The molecule has 1 saturated heterocycles. The molecule has 3 heteroatoms. The monoisotopic (exact) mass is 290 g/mol. The SMILES string of the molecule is CCCNC(c1ccc(C)cc1C)C1CN(CC)CCO1. The van der Waals surface area contributed by atoms with Crippen molar-refractivity contribution >= 4 is 0 Å². The highest BCUT2D eigenvalue weighted by Crippen LogP contribution is 2.26. The van der Waals surface area contributed by atoms with E-state index in [0.29, 0.717) is 6.04 Å². The number of hydrogen-bond donors (Lipinski definition) is 1. The zero-order valence-electron chi connectivity index (χ0n) is 14.0. The molecule has 0 bridgehead atoms. The van der Waals surface area contributed by atoms with Gasteiger partial charge in [-0.2, -0.15) is 0 Å². The van der Waals surface area contributed by atoms with Crippen LogP contribution in [0.15, 0.2) is 18.2 Å². The second kappa shape index (κ2) is 7.92. The Hall–Kier alpha value is -0.900. The average Bonchev–Trinajstić information content (AvgIpc) is 2.49. The van der Waals surface area contributed by atoms with Gasteiger partial charge < -0.3 is 10.1 Å². The van der Waals surface area contributed by atoms with Crippen LogP contribution in [0.3, 0.4) is 0 Å². The number of likely N-dealkylation sites (N-methyl/N-ethyl adjacent to an activating group) is 1. The predicted octanol–water partition coefficient (Wildman–Crippen LogP) is 3.06. The van der Waals surface area contributed by atoms with Crippen LogP contribution < -0.4 is 5.32 Å². The Morgan fingerprint density at radius 1 is 1.33 bits per heavy atom. The van der Waals surface area contributed by atoms with Gasteiger partial charge in [0.1, 0.15) is 0 Å². The summed E-state index contributed by atoms with van der Waals surface area (Å²) in [6.07, 6.45) is 1.39. The Kier molecular flexibility index (Phi) is 6.22. The number of rotatable bonds is 6. The Bertz CT molecular complexity index is 447. The summed E-state index contributed by atoms with van der Waals surface area (Å²) in [7, 11) is 0. The summed E-state index contributed by atoms with van der Waals surface area (Å²) < 4.78 is 6.10. The molecule has 0 radical (unpaired) electrons. The van der Waals surface area contributed by atoms with Gasteiger partial charge in [-0.3, -0.25) is 4.90 Å². The van der Waals surface area contributed by atoms with Crippen molar-refractivity contribution in [3.8, 4) is 0 Å². The van der Waals surface area contributed by atoms with E-state index in [4.69, 9.17) is 4.74 Å². The number of aryl methyl sites for hydroxylation is 2. The summed E-state index contributed by atoms with van der Waals surface area (Å²) in [5.74, 6) is 0. The van der Waals surface area contributed by atoms with Gasteiger partial charge in [0.25, 0.3) is 0 Å². The van der Waals surface area contributed by atoms with E-state index in [0.717, 1.165) is 39.2 Å². The maximum absolute atomic E-state index is 6.10. The third kappa shape index (κ3) is 4.29. The molecule has 0 aromatic heterocycles. The fraction of sp³-hybridized carbons (Fsp3) is 0.667. The van der Waals surface area contributed by atoms with Gasteiger partial charge in [-0.05, 0) is 44.5 Å². The molecule has 2 rings (SSSR count). The van der Waals surface area contributed by atoms with Crippen molar-refractivity contribution in [3.63, 3.8) is 0 Å². The minimum absolute atomic E-state index is 0.242. The number of hydrogen-bond acceptors (Lipinski definition) is 3. The van der Waals surface area contributed by atoms with Crippen LogP contribution >= 0.6 is 0 Å². The molecule has 0 amide bonds. The van der Waals surface area contributed by atoms with E-state index < -0.39 is 0 Å². The first-order chi connectivity index (χ1) is 10.2. The summed E-state index contributed by atoms with van der Waals surface area (Å²) in [4.78, 5) is 2.48. The van der Waals surface area contributed by atoms with Crippen LogP contribution in [0.25, 0.3) is 0 Å². The predicted molar refractivity (Wildman–Crippen MR) is 88.8 cm³/mol. The van der Waals surface area contributed by atoms with E-state index in [1.807, 2.05) is 0 Å². The van der Waals surface area contributed by atoms with Crippen molar-refractivity contribution in [3.05, 3.63) is 34.9 Å². The smallest absolute Gasteiger partial charge is 0.0897 e.